The van der Waals surface area contributed by atoms with Crippen LogP contribution in [0.5, 0.6) is 0 Å². The molecule has 2 N–H and O–H groups in total. The normalized spacial score (nSPS) is 43.6. The molecule has 3 aliphatic rings. The van der Waals surface area contributed by atoms with Gasteiger partial charge in [0.15, 0.2) is 0 Å². The van der Waals surface area contributed by atoms with Crippen molar-refractivity contribution in [3.8, 4) is 0 Å². The molecule has 3 heteroatoms. The lowest BCUT2D eigenvalue weighted by Gasteiger charge is -2.37. The van der Waals surface area contributed by atoms with Gasteiger partial charge in [-0.15, -0.1) is 0 Å². The summed E-state index contributed by atoms with van der Waals surface area (Å²) in [6.07, 6.45) is 9.71. The number of rotatable bonds is 4. The third-order valence-electron chi connectivity index (χ3n) is 5.91. The first-order valence-electron chi connectivity index (χ1n) is 8.40. The highest BCUT2D eigenvalue weighted by atomic mass is 16.3. The molecule has 110 valence electrons. The van der Waals surface area contributed by atoms with E-state index in [9.17, 15) is 5.11 Å². The van der Waals surface area contributed by atoms with Gasteiger partial charge in [0.2, 0.25) is 0 Å². The molecule has 19 heavy (non-hydrogen) atoms. The fraction of sp³-hybridized carbons (Fsp3) is 1.00. The summed E-state index contributed by atoms with van der Waals surface area (Å²) in [6, 6.07) is 1.39. The van der Waals surface area contributed by atoms with E-state index in [4.69, 9.17) is 0 Å². The largest absolute Gasteiger partial charge is 0.389 e. The molecule has 3 rings (SSSR count). The zero-order valence-electron chi connectivity index (χ0n) is 12.4. The maximum absolute atomic E-state index is 10.7. The third-order valence-corrected chi connectivity index (χ3v) is 5.91. The summed E-state index contributed by atoms with van der Waals surface area (Å²) in [5.74, 6) is 0.858. The Hall–Kier alpha value is -0.120. The van der Waals surface area contributed by atoms with E-state index in [2.05, 4.69) is 17.1 Å². The maximum atomic E-state index is 10.7. The van der Waals surface area contributed by atoms with Crippen molar-refractivity contribution < 1.29 is 5.11 Å². The Morgan fingerprint density at radius 2 is 1.95 bits per heavy atom. The Labute approximate surface area is 117 Å². The molecule has 3 fully saturated rings. The van der Waals surface area contributed by atoms with Crippen molar-refractivity contribution in [3.05, 3.63) is 0 Å². The Kier molecular flexibility index (Phi) is 4.16. The molecule has 0 aromatic carbocycles. The number of hydrogen-bond donors (Lipinski definition) is 2. The van der Waals surface area contributed by atoms with Crippen LogP contribution in [0.1, 0.15) is 58.3 Å². The molecule has 1 aliphatic carbocycles. The molecule has 2 heterocycles. The zero-order valence-corrected chi connectivity index (χ0v) is 12.4. The lowest BCUT2D eigenvalue weighted by molar-refractivity contribution is -0.0112. The van der Waals surface area contributed by atoms with E-state index < -0.39 is 5.60 Å². The first-order chi connectivity index (χ1) is 9.20. The Morgan fingerprint density at radius 1 is 1.16 bits per heavy atom. The molecule has 0 aromatic rings. The molecular weight excluding hydrogens is 236 g/mol. The summed E-state index contributed by atoms with van der Waals surface area (Å²) in [4.78, 5) is 2.63. The monoisotopic (exact) mass is 266 g/mol. The SMILES string of the molecule is CCC1CCC(O)(CNC2CCN3CCCC23)CC1. The molecule has 2 aliphatic heterocycles. The molecule has 0 radical (unpaired) electrons. The van der Waals surface area contributed by atoms with Crippen LogP contribution in [0, 0.1) is 5.92 Å². The van der Waals surface area contributed by atoms with E-state index in [1.165, 1.54) is 51.6 Å². The molecule has 0 aromatic heterocycles. The van der Waals surface area contributed by atoms with Crippen molar-refractivity contribution in [2.75, 3.05) is 19.6 Å². The van der Waals surface area contributed by atoms with Crippen molar-refractivity contribution >= 4 is 0 Å². The quantitative estimate of drug-likeness (QED) is 0.818. The van der Waals surface area contributed by atoms with Gasteiger partial charge in [-0.05, 0) is 57.4 Å². The molecule has 3 nitrogen and oxygen atoms in total. The minimum absolute atomic E-state index is 0.419. The predicted octanol–water partition coefficient (Wildman–Crippen LogP) is 2.14. The van der Waals surface area contributed by atoms with Crippen LogP contribution in [0.15, 0.2) is 0 Å². The van der Waals surface area contributed by atoms with Crippen LogP contribution in [0.3, 0.4) is 0 Å². The molecule has 1 saturated carbocycles. The van der Waals surface area contributed by atoms with E-state index in [0.29, 0.717) is 6.04 Å². The van der Waals surface area contributed by atoms with E-state index in [1.807, 2.05) is 0 Å². The number of fused-ring (bicyclic) bond motifs is 1. The summed E-state index contributed by atoms with van der Waals surface area (Å²) in [6.45, 7) is 5.66. The van der Waals surface area contributed by atoms with Crippen LogP contribution in [0.2, 0.25) is 0 Å². The van der Waals surface area contributed by atoms with Crippen molar-refractivity contribution in [2.45, 2.75) is 76.0 Å². The molecule has 2 unspecified atom stereocenters. The first kappa shape index (κ1) is 13.8. The van der Waals surface area contributed by atoms with Crippen LogP contribution < -0.4 is 5.32 Å². The lowest BCUT2D eigenvalue weighted by atomic mass is 9.77. The zero-order chi connectivity index (χ0) is 13.3. The second kappa shape index (κ2) is 5.71. The molecule has 2 saturated heterocycles. The van der Waals surface area contributed by atoms with Crippen molar-refractivity contribution in [3.63, 3.8) is 0 Å². The van der Waals surface area contributed by atoms with Crippen LogP contribution in [0.4, 0.5) is 0 Å². The van der Waals surface area contributed by atoms with Crippen LogP contribution in [0.25, 0.3) is 0 Å². The van der Waals surface area contributed by atoms with Gasteiger partial charge in [0.25, 0.3) is 0 Å². The summed E-state index contributed by atoms with van der Waals surface area (Å²) in [5, 5.41) is 14.4. The van der Waals surface area contributed by atoms with Gasteiger partial charge in [-0.25, -0.2) is 0 Å². The fourth-order valence-electron chi connectivity index (χ4n) is 4.44. The van der Waals surface area contributed by atoms with Gasteiger partial charge in [0.05, 0.1) is 5.60 Å². The lowest BCUT2D eigenvalue weighted by Crippen LogP contribution is -2.49. The van der Waals surface area contributed by atoms with Crippen LogP contribution >= 0.6 is 0 Å². The Bertz CT molecular complexity index is 299. The van der Waals surface area contributed by atoms with Crippen LogP contribution in [-0.2, 0) is 0 Å². The highest BCUT2D eigenvalue weighted by Gasteiger charge is 2.39. The number of hydrogen-bond acceptors (Lipinski definition) is 3. The average Bonchev–Trinajstić information content (AvgIpc) is 3.01. The molecule has 0 spiro atoms. The van der Waals surface area contributed by atoms with E-state index in [-0.39, 0.29) is 0 Å². The Balaban J connectivity index is 1.47. The first-order valence-corrected chi connectivity index (χ1v) is 8.40. The smallest absolute Gasteiger partial charge is 0.0771 e. The molecular formula is C16H30N2O. The second-order valence-corrected chi connectivity index (χ2v) is 7.10. The van der Waals surface area contributed by atoms with Gasteiger partial charge in [-0.1, -0.05) is 13.3 Å². The summed E-state index contributed by atoms with van der Waals surface area (Å²) >= 11 is 0. The van der Waals surface area contributed by atoms with Gasteiger partial charge in [-0.2, -0.15) is 0 Å². The highest BCUT2D eigenvalue weighted by Crippen LogP contribution is 2.34. The van der Waals surface area contributed by atoms with Gasteiger partial charge in [-0.3, -0.25) is 4.90 Å². The van der Waals surface area contributed by atoms with Crippen molar-refractivity contribution in [1.82, 2.24) is 10.2 Å². The average molecular weight is 266 g/mol. The Morgan fingerprint density at radius 3 is 2.68 bits per heavy atom. The minimum Gasteiger partial charge on any atom is -0.389 e. The van der Waals surface area contributed by atoms with Crippen LogP contribution in [-0.4, -0.2) is 47.3 Å². The van der Waals surface area contributed by atoms with Gasteiger partial charge in [0.1, 0.15) is 0 Å². The third kappa shape index (κ3) is 2.98. The van der Waals surface area contributed by atoms with E-state index >= 15 is 0 Å². The van der Waals surface area contributed by atoms with E-state index in [0.717, 1.165) is 31.3 Å². The minimum atomic E-state index is -0.419. The van der Waals surface area contributed by atoms with Gasteiger partial charge >= 0.3 is 0 Å². The van der Waals surface area contributed by atoms with Gasteiger partial charge in [0, 0.05) is 25.2 Å². The topological polar surface area (TPSA) is 35.5 Å². The number of nitrogens with one attached hydrogen (secondary N) is 1. The summed E-state index contributed by atoms with van der Waals surface area (Å²) in [7, 11) is 0. The number of aliphatic hydroxyl groups is 1. The molecule has 0 amide bonds. The van der Waals surface area contributed by atoms with E-state index in [1.54, 1.807) is 0 Å². The number of nitrogens with zero attached hydrogens (tertiary/aromatic N) is 1. The fourth-order valence-corrected chi connectivity index (χ4v) is 4.44. The second-order valence-electron chi connectivity index (χ2n) is 7.10. The maximum Gasteiger partial charge on any atom is 0.0771 e. The van der Waals surface area contributed by atoms with Gasteiger partial charge < -0.3 is 10.4 Å². The summed E-state index contributed by atoms with van der Waals surface area (Å²) in [5.41, 5.74) is -0.419. The molecule has 0 bridgehead atoms. The molecule has 2 atom stereocenters. The predicted molar refractivity (Wildman–Crippen MR) is 78.2 cm³/mol. The highest BCUT2D eigenvalue weighted by molar-refractivity contribution is 4.97. The van der Waals surface area contributed by atoms with Crippen molar-refractivity contribution in [2.24, 2.45) is 5.92 Å². The van der Waals surface area contributed by atoms with Crippen molar-refractivity contribution in [1.29, 1.82) is 0 Å². The summed E-state index contributed by atoms with van der Waals surface area (Å²) < 4.78 is 0. The standard InChI is InChI=1S/C16H30N2O/c1-2-13-5-8-16(19,9-6-13)12-17-14-7-11-18-10-3-4-15(14)18/h13-15,17,19H,2-12H2,1H3.